The Morgan fingerprint density at radius 1 is 1.31 bits per heavy atom. The van der Waals surface area contributed by atoms with E-state index in [0.29, 0.717) is 16.7 Å². The second-order valence-corrected chi connectivity index (χ2v) is 10.6. The van der Waals surface area contributed by atoms with Gasteiger partial charge in [0.2, 0.25) is 11.3 Å². The molecule has 11 heteroatoms. The summed E-state index contributed by atoms with van der Waals surface area (Å²) in [6.45, 7) is 9.30. The van der Waals surface area contributed by atoms with Gasteiger partial charge >= 0.3 is 6.09 Å². The molecule has 0 saturated carbocycles. The van der Waals surface area contributed by atoms with E-state index in [4.69, 9.17) is 14.0 Å². The zero-order chi connectivity index (χ0) is 26.1. The normalized spacial score (nSPS) is 21.6. The first-order valence-corrected chi connectivity index (χ1v) is 12.2. The molecular weight excluding hydrogens is 480 g/mol. The van der Waals surface area contributed by atoms with E-state index in [1.54, 1.807) is 58.9 Å². The van der Waals surface area contributed by atoms with E-state index in [-0.39, 0.29) is 5.69 Å². The molecule has 2 aromatic rings. The first kappa shape index (κ1) is 27.1. The van der Waals surface area contributed by atoms with Crippen LogP contribution in [-0.2, 0) is 20.7 Å². The Labute approximate surface area is 206 Å². The molecule has 0 spiro atoms. The largest absolute Gasteiger partial charge is 0.444 e. The van der Waals surface area contributed by atoms with Crippen LogP contribution in [0.3, 0.4) is 0 Å². The molecule has 1 aromatic heterocycles. The van der Waals surface area contributed by atoms with Gasteiger partial charge in [0.15, 0.2) is 0 Å². The lowest BCUT2D eigenvalue weighted by atomic mass is 9.99. The second kappa shape index (κ2) is 10.3. The minimum Gasteiger partial charge on any atom is -0.444 e. The summed E-state index contributed by atoms with van der Waals surface area (Å²) in [5, 5.41) is 0. The number of pyridine rings is 1. The van der Waals surface area contributed by atoms with Gasteiger partial charge in [-0.3, -0.25) is 14.4 Å². The molecule has 1 amide bonds. The van der Waals surface area contributed by atoms with Crippen LogP contribution in [0.15, 0.2) is 36.5 Å². The molecule has 1 saturated heterocycles. The fraction of sp³-hybridized carbons (Fsp3) is 0.500. The molecule has 4 atom stereocenters. The van der Waals surface area contributed by atoms with Crippen molar-refractivity contribution in [1.82, 2.24) is 14.6 Å². The van der Waals surface area contributed by atoms with Crippen molar-refractivity contribution < 1.29 is 31.8 Å². The minimum atomic E-state index is -2.30. The molecule has 2 unspecified atom stereocenters. The fourth-order valence-electron chi connectivity index (χ4n) is 4.08. The van der Waals surface area contributed by atoms with Crippen LogP contribution in [-0.4, -0.2) is 48.8 Å². The van der Waals surface area contributed by atoms with Gasteiger partial charge in [-0.15, -0.1) is 0 Å². The Hall–Kier alpha value is -2.47. The average molecular weight is 512 g/mol. The average Bonchev–Trinajstić information content (AvgIpc) is 3.02. The summed E-state index contributed by atoms with van der Waals surface area (Å²) in [7, 11) is 0. The van der Waals surface area contributed by atoms with E-state index in [9.17, 15) is 17.8 Å². The third-order valence-electron chi connectivity index (χ3n) is 5.55. The van der Waals surface area contributed by atoms with E-state index in [2.05, 4.69) is 9.71 Å². The molecule has 0 aliphatic carbocycles. The van der Waals surface area contributed by atoms with Crippen molar-refractivity contribution >= 4 is 17.4 Å². The van der Waals surface area contributed by atoms with Gasteiger partial charge in [0.1, 0.15) is 29.9 Å². The molecule has 1 aliphatic rings. The van der Waals surface area contributed by atoms with E-state index in [1.165, 1.54) is 24.1 Å². The monoisotopic (exact) mass is 511 g/mol. The van der Waals surface area contributed by atoms with Crippen molar-refractivity contribution in [3.05, 3.63) is 53.6 Å². The van der Waals surface area contributed by atoms with Gasteiger partial charge in [-0.05, 0) is 58.7 Å². The maximum atomic E-state index is 14.6. The fourth-order valence-corrected chi connectivity index (χ4v) is 4.50. The molecule has 2 heterocycles. The summed E-state index contributed by atoms with van der Waals surface area (Å²) in [4.78, 5) is 18.2. The number of rotatable bonds is 6. The second-order valence-electron chi connectivity index (χ2n) is 9.86. The van der Waals surface area contributed by atoms with Crippen LogP contribution in [0.25, 0.3) is 11.1 Å². The highest BCUT2D eigenvalue weighted by Crippen LogP contribution is 2.42. The first-order chi connectivity index (χ1) is 16.2. The summed E-state index contributed by atoms with van der Waals surface area (Å²) < 4.78 is 62.4. The molecule has 2 N–H and O–H groups in total. The SMILES string of the molecule is CC(NS(=O)O)c1ncc(-c2ccc([C@H]3OC(C)(C)N(C(=O)OC(C)(C)C)[C@@H]3CF)cc2)cc1F. The number of nitrogens with zero attached hydrogens (tertiary/aromatic N) is 2. The lowest BCUT2D eigenvalue weighted by Crippen LogP contribution is -2.50. The number of hydrogen-bond donors (Lipinski definition) is 2. The van der Waals surface area contributed by atoms with Crippen molar-refractivity contribution in [3.8, 4) is 11.1 Å². The smallest absolute Gasteiger partial charge is 0.413 e. The first-order valence-electron chi connectivity index (χ1n) is 11.1. The highest BCUT2D eigenvalue weighted by atomic mass is 32.2. The van der Waals surface area contributed by atoms with Gasteiger partial charge in [-0.2, -0.15) is 0 Å². The maximum Gasteiger partial charge on any atom is 0.413 e. The number of amides is 1. The number of ether oxygens (including phenoxy) is 2. The predicted molar refractivity (Wildman–Crippen MR) is 128 cm³/mol. The summed E-state index contributed by atoms with van der Waals surface area (Å²) in [5.41, 5.74) is 0.00623. The zero-order valence-electron chi connectivity index (χ0n) is 20.5. The molecule has 1 aromatic carbocycles. The number of benzene rings is 1. The number of nitrogens with one attached hydrogen (secondary N) is 1. The number of alkyl halides is 1. The highest BCUT2D eigenvalue weighted by molar-refractivity contribution is 7.77. The van der Waals surface area contributed by atoms with Crippen LogP contribution in [0.2, 0.25) is 0 Å². The van der Waals surface area contributed by atoms with E-state index < -0.39 is 59.4 Å². The van der Waals surface area contributed by atoms with Crippen LogP contribution < -0.4 is 4.72 Å². The van der Waals surface area contributed by atoms with Crippen LogP contribution in [0.1, 0.15) is 64.9 Å². The lowest BCUT2D eigenvalue weighted by molar-refractivity contribution is -0.0797. The standard InChI is InChI=1S/C24H31F2N3O5S/c1-14(28-35(31)32)20-18(26)11-17(13-27-20)15-7-9-16(10-8-15)21-19(12-25)29(24(5,6)33-21)22(30)34-23(2,3)4/h7-11,13-14,19,21,28H,12H2,1-6H3,(H,31,32)/t14?,19-,21-/m1/s1. The third-order valence-corrected chi connectivity index (χ3v) is 6.11. The Morgan fingerprint density at radius 2 is 1.94 bits per heavy atom. The van der Waals surface area contributed by atoms with E-state index in [1.807, 2.05) is 0 Å². The Morgan fingerprint density at radius 3 is 2.46 bits per heavy atom. The molecule has 0 bridgehead atoms. The number of halogens is 2. The van der Waals surface area contributed by atoms with Crippen LogP contribution in [0.5, 0.6) is 0 Å². The van der Waals surface area contributed by atoms with Crippen molar-refractivity contribution in [2.75, 3.05) is 6.67 Å². The Balaban J connectivity index is 1.83. The molecular formula is C24H31F2N3O5S. The van der Waals surface area contributed by atoms with Crippen LogP contribution in [0.4, 0.5) is 13.6 Å². The maximum absolute atomic E-state index is 14.6. The van der Waals surface area contributed by atoms with Crippen LogP contribution in [0, 0.1) is 5.82 Å². The minimum absolute atomic E-state index is 0.0161. The molecule has 3 rings (SSSR count). The molecule has 0 radical (unpaired) electrons. The predicted octanol–water partition coefficient (Wildman–Crippen LogP) is 5.06. The van der Waals surface area contributed by atoms with Crippen molar-refractivity contribution in [2.45, 2.75) is 71.1 Å². The van der Waals surface area contributed by atoms with Gasteiger partial charge in [-0.1, -0.05) is 24.3 Å². The van der Waals surface area contributed by atoms with E-state index in [0.717, 1.165) is 0 Å². The quantitative estimate of drug-likeness (QED) is 0.526. The molecule has 192 valence electrons. The number of aromatic nitrogens is 1. The Bertz CT molecular complexity index is 1090. The van der Waals surface area contributed by atoms with Gasteiger partial charge in [0.05, 0.1) is 17.8 Å². The highest BCUT2D eigenvalue weighted by Gasteiger charge is 2.51. The summed E-state index contributed by atoms with van der Waals surface area (Å²) >= 11 is -2.30. The summed E-state index contributed by atoms with van der Waals surface area (Å²) in [6.07, 6.45) is 0.0927. The third kappa shape index (κ3) is 6.21. The number of hydrogen-bond acceptors (Lipinski definition) is 5. The molecule has 1 aliphatic heterocycles. The number of carbonyl (C=O) groups excluding carboxylic acids is 1. The molecule has 35 heavy (non-hydrogen) atoms. The Kier molecular flexibility index (Phi) is 7.95. The van der Waals surface area contributed by atoms with Gasteiger partial charge in [0, 0.05) is 11.8 Å². The van der Waals surface area contributed by atoms with Crippen molar-refractivity contribution in [1.29, 1.82) is 0 Å². The molecule has 1 fully saturated rings. The summed E-state index contributed by atoms with van der Waals surface area (Å²) in [6, 6.07) is 6.60. The van der Waals surface area contributed by atoms with Gasteiger partial charge in [-0.25, -0.2) is 22.5 Å². The van der Waals surface area contributed by atoms with E-state index >= 15 is 0 Å². The van der Waals surface area contributed by atoms with Crippen molar-refractivity contribution in [2.24, 2.45) is 0 Å². The van der Waals surface area contributed by atoms with Crippen molar-refractivity contribution in [3.63, 3.8) is 0 Å². The van der Waals surface area contributed by atoms with Gasteiger partial charge < -0.3 is 9.47 Å². The topological polar surface area (TPSA) is 101 Å². The molecule has 8 nitrogen and oxygen atoms in total. The van der Waals surface area contributed by atoms with Gasteiger partial charge in [0.25, 0.3) is 0 Å². The zero-order valence-corrected chi connectivity index (χ0v) is 21.4. The lowest BCUT2D eigenvalue weighted by Gasteiger charge is -2.34. The van der Waals surface area contributed by atoms with Crippen LogP contribution >= 0.6 is 0 Å². The summed E-state index contributed by atoms with van der Waals surface area (Å²) in [5.74, 6) is -0.622. The number of carbonyl (C=O) groups is 1.